The fourth-order valence-corrected chi connectivity index (χ4v) is 1.03. The van der Waals surface area contributed by atoms with Crippen LogP contribution in [0.2, 0.25) is 0 Å². The van der Waals surface area contributed by atoms with Crippen LogP contribution >= 0.6 is 0 Å². The van der Waals surface area contributed by atoms with Gasteiger partial charge in [0.1, 0.15) is 4.92 Å². The number of unbranched alkanes of at least 4 members (excludes halogenated alkanes) is 1. The molecular formula is C10H10N2O4. The zero-order valence-electron chi connectivity index (χ0n) is 8.43. The van der Waals surface area contributed by atoms with Gasteiger partial charge in [-0.05, 0) is 12.5 Å². The number of amides is 1. The first-order chi connectivity index (χ1) is 7.65. The molecule has 6 nitrogen and oxygen atoms in total. The van der Waals surface area contributed by atoms with Crippen LogP contribution in [-0.2, 0) is 0 Å². The van der Waals surface area contributed by atoms with Crippen LogP contribution in [0.5, 0.6) is 0 Å². The molecule has 0 saturated carbocycles. The van der Waals surface area contributed by atoms with Gasteiger partial charge in [-0.15, -0.1) is 12.3 Å². The molecule has 1 heterocycles. The van der Waals surface area contributed by atoms with Gasteiger partial charge in [0, 0.05) is 13.0 Å². The molecule has 0 aromatic carbocycles. The van der Waals surface area contributed by atoms with Crippen molar-refractivity contribution in [2.45, 2.75) is 12.8 Å². The van der Waals surface area contributed by atoms with Crippen LogP contribution in [0.1, 0.15) is 23.4 Å². The number of terminal acetylenes is 1. The molecule has 0 aliphatic rings. The summed E-state index contributed by atoms with van der Waals surface area (Å²) >= 11 is 0. The monoisotopic (exact) mass is 222 g/mol. The van der Waals surface area contributed by atoms with Gasteiger partial charge >= 0.3 is 5.88 Å². The summed E-state index contributed by atoms with van der Waals surface area (Å²) in [7, 11) is 0. The van der Waals surface area contributed by atoms with Crippen molar-refractivity contribution in [2.75, 3.05) is 6.54 Å². The third kappa shape index (κ3) is 3.13. The average molecular weight is 222 g/mol. The van der Waals surface area contributed by atoms with Gasteiger partial charge in [0.15, 0.2) is 5.76 Å². The van der Waals surface area contributed by atoms with Crippen molar-refractivity contribution < 1.29 is 14.1 Å². The molecule has 16 heavy (non-hydrogen) atoms. The Bertz CT molecular complexity index is 430. The summed E-state index contributed by atoms with van der Waals surface area (Å²) in [6.45, 7) is 0.414. The number of hydrogen-bond donors (Lipinski definition) is 1. The predicted octanol–water partition coefficient (Wildman–Crippen LogP) is 1.33. The highest BCUT2D eigenvalue weighted by molar-refractivity contribution is 5.91. The molecule has 0 saturated heterocycles. The van der Waals surface area contributed by atoms with Crippen LogP contribution in [-0.4, -0.2) is 17.4 Å². The minimum Gasteiger partial charge on any atom is -0.395 e. The highest BCUT2D eigenvalue weighted by atomic mass is 16.6. The van der Waals surface area contributed by atoms with Crippen LogP contribution in [0.25, 0.3) is 0 Å². The Hall–Kier alpha value is -2.29. The van der Waals surface area contributed by atoms with Gasteiger partial charge in [0.05, 0.1) is 6.07 Å². The second-order valence-corrected chi connectivity index (χ2v) is 2.96. The highest BCUT2D eigenvalue weighted by Crippen LogP contribution is 2.15. The lowest BCUT2D eigenvalue weighted by molar-refractivity contribution is -0.402. The van der Waals surface area contributed by atoms with E-state index in [0.29, 0.717) is 19.4 Å². The molecule has 1 aromatic heterocycles. The minimum absolute atomic E-state index is 0.0765. The van der Waals surface area contributed by atoms with Crippen LogP contribution in [0.3, 0.4) is 0 Å². The smallest absolute Gasteiger partial charge is 0.395 e. The van der Waals surface area contributed by atoms with Gasteiger partial charge in [-0.25, -0.2) is 0 Å². The van der Waals surface area contributed by atoms with Crippen molar-refractivity contribution >= 4 is 11.8 Å². The van der Waals surface area contributed by atoms with Crippen molar-refractivity contribution in [3.8, 4) is 12.3 Å². The molecule has 84 valence electrons. The lowest BCUT2D eigenvalue weighted by Crippen LogP contribution is -2.23. The molecule has 0 atom stereocenters. The summed E-state index contributed by atoms with van der Waals surface area (Å²) in [6, 6.07) is 2.39. The molecule has 0 bridgehead atoms. The molecule has 1 rings (SSSR count). The summed E-state index contributed by atoms with van der Waals surface area (Å²) in [5.41, 5.74) is 0. The van der Waals surface area contributed by atoms with E-state index in [9.17, 15) is 14.9 Å². The summed E-state index contributed by atoms with van der Waals surface area (Å²) in [5.74, 6) is 1.43. The topological polar surface area (TPSA) is 85.4 Å². The van der Waals surface area contributed by atoms with E-state index in [4.69, 9.17) is 10.8 Å². The molecule has 0 aliphatic heterocycles. The lowest BCUT2D eigenvalue weighted by atomic mass is 10.3. The van der Waals surface area contributed by atoms with E-state index < -0.39 is 16.7 Å². The Balaban J connectivity index is 2.47. The van der Waals surface area contributed by atoms with E-state index in [1.165, 1.54) is 6.07 Å². The number of carbonyl (C=O) groups excluding carboxylic acids is 1. The molecule has 1 aromatic rings. The van der Waals surface area contributed by atoms with Crippen molar-refractivity contribution in [1.29, 1.82) is 0 Å². The van der Waals surface area contributed by atoms with E-state index in [1.807, 2.05) is 0 Å². The molecule has 0 spiro atoms. The first-order valence-corrected chi connectivity index (χ1v) is 4.61. The number of nitrogens with zero attached hydrogens (tertiary/aromatic N) is 1. The predicted molar refractivity (Wildman–Crippen MR) is 55.8 cm³/mol. The standard InChI is InChI=1S/C10H10N2O4/c1-2-3-4-7-11-10(13)8-5-6-9(16-8)12(14)15/h1,5-6H,3-4,7H2,(H,11,13). The Morgan fingerprint density at radius 1 is 1.62 bits per heavy atom. The van der Waals surface area contributed by atoms with Gasteiger partial charge < -0.3 is 9.73 Å². The normalized spacial score (nSPS) is 9.44. The number of hydrogen-bond acceptors (Lipinski definition) is 4. The maximum Gasteiger partial charge on any atom is 0.433 e. The van der Waals surface area contributed by atoms with E-state index in [0.717, 1.165) is 6.07 Å². The molecule has 0 fully saturated rings. The molecule has 0 radical (unpaired) electrons. The Morgan fingerprint density at radius 3 is 2.94 bits per heavy atom. The summed E-state index contributed by atoms with van der Waals surface area (Å²) in [4.78, 5) is 21.0. The van der Waals surface area contributed by atoms with E-state index in [-0.39, 0.29) is 5.76 Å². The van der Waals surface area contributed by atoms with Crippen molar-refractivity contribution in [3.05, 3.63) is 28.0 Å². The fraction of sp³-hybridized carbons (Fsp3) is 0.300. The second-order valence-electron chi connectivity index (χ2n) is 2.96. The Morgan fingerprint density at radius 2 is 2.38 bits per heavy atom. The van der Waals surface area contributed by atoms with Gasteiger partial charge in [-0.2, -0.15) is 0 Å². The SMILES string of the molecule is C#CCCCNC(=O)c1ccc([N+](=O)[O-])o1. The lowest BCUT2D eigenvalue weighted by Gasteiger charge is -1.99. The quantitative estimate of drug-likeness (QED) is 0.352. The zero-order valence-corrected chi connectivity index (χ0v) is 8.43. The van der Waals surface area contributed by atoms with Crippen molar-refractivity contribution in [3.63, 3.8) is 0 Å². The maximum absolute atomic E-state index is 11.4. The second kappa shape index (κ2) is 5.56. The summed E-state index contributed by atoms with van der Waals surface area (Å²) in [5, 5.41) is 12.8. The molecular weight excluding hydrogens is 212 g/mol. The minimum atomic E-state index is -0.699. The van der Waals surface area contributed by atoms with E-state index in [1.54, 1.807) is 0 Å². The Labute approximate surface area is 91.8 Å². The third-order valence-electron chi connectivity index (χ3n) is 1.78. The molecule has 6 heteroatoms. The largest absolute Gasteiger partial charge is 0.433 e. The van der Waals surface area contributed by atoms with Crippen molar-refractivity contribution in [1.82, 2.24) is 5.32 Å². The maximum atomic E-state index is 11.4. The van der Waals surface area contributed by atoms with Gasteiger partial charge in [0.25, 0.3) is 5.91 Å². The molecule has 0 unspecified atom stereocenters. The summed E-state index contributed by atoms with van der Waals surface area (Å²) in [6.07, 6.45) is 6.26. The van der Waals surface area contributed by atoms with Gasteiger partial charge in [-0.3, -0.25) is 14.9 Å². The fourth-order valence-electron chi connectivity index (χ4n) is 1.03. The highest BCUT2D eigenvalue weighted by Gasteiger charge is 2.16. The van der Waals surface area contributed by atoms with Crippen LogP contribution in [0.4, 0.5) is 5.88 Å². The first kappa shape index (κ1) is 11.8. The van der Waals surface area contributed by atoms with Gasteiger partial charge in [0.2, 0.25) is 0 Å². The number of carbonyl (C=O) groups is 1. The number of rotatable bonds is 5. The van der Waals surface area contributed by atoms with Crippen LogP contribution < -0.4 is 5.32 Å². The average Bonchev–Trinajstić information content (AvgIpc) is 2.73. The summed E-state index contributed by atoms with van der Waals surface area (Å²) < 4.78 is 4.71. The Kier molecular flexibility index (Phi) is 4.09. The van der Waals surface area contributed by atoms with E-state index >= 15 is 0 Å². The molecule has 1 N–H and O–H groups in total. The van der Waals surface area contributed by atoms with Crippen LogP contribution in [0, 0.1) is 22.5 Å². The zero-order chi connectivity index (χ0) is 12.0. The number of nitrogens with one attached hydrogen (secondary N) is 1. The first-order valence-electron chi connectivity index (χ1n) is 4.61. The van der Waals surface area contributed by atoms with Crippen LogP contribution in [0.15, 0.2) is 16.5 Å². The molecule has 0 aliphatic carbocycles. The van der Waals surface area contributed by atoms with Gasteiger partial charge in [-0.1, -0.05) is 0 Å². The van der Waals surface area contributed by atoms with E-state index in [2.05, 4.69) is 11.2 Å². The number of furan rings is 1. The van der Waals surface area contributed by atoms with Crippen molar-refractivity contribution in [2.24, 2.45) is 0 Å². The third-order valence-corrected chi connectivity index (χ3v) is 1.78. The molecule has 1 amide bonds. The number of nitro groups is 1.